The van der Waals surface area contributed by atoms with Crippen LogP contribution >= 0.6 is 22.6 Å². The van der Waals surface area contributed by atoms with Gasteiger partial charge in [-0.3, -0.25) is 4.79 Å². The second-order valence-electron chi connectivity index (χ2n) is 5.69. The molecule has 0 N–H and O–H groups in total. The molecule has 0 unspecified atom stereocenters. The Morgan fingerprint density at radius 3 is 2.72 bits per heavy atom. The van der Waals surface area contributed by atoms with Gasteiger partial charge in [0.05, 0.1) is 0 Å². The Hall–Kier alpha value is -0.580. The van der Waals surface area contributed by atoms with Crippen LogP contribution in [0.1, 0.15) is 42.5 Å². The topological polar surface area (TPSA) is 20.3 Å². The molecule has 18 heavy (non-hydrogen) atoms. The molecule has 1 saturated heterocycles. The smallest absolute Gasteiger partial charge is 0.253 e. The fourth-order valence-corrected chi connectivity index (χ4v) is 3.99. The molecule has 3 rings (SSSR count). The summed E-state index contributed by atoms with van der Waals surface area (Å²) in [5.41, 5.74) is 1.31. The van der Waals surface area contributed by atoms with Gasteiger partial charge in [-0.25, -0.2) is 0 Å². The van der Waals surface area contributed by atoms with Crippen LogP contribution in [0.3, 0.4) is 0 Å². The summed E-state index contributed by atoms with van der Waals surface area (Å²) in [6, 6.07) is 7.92. The predicted molar refractivity (Wildman–Crippen MR) is 80.6 cm³/mol. The van der Waals surface area contributed by atoms with Crippen molar-refractivity contribution >= 4 is 28.5 Å². The van der Waals surface area contributed by atoms with E-state index in [0.29, 0.717) is 5.41 Å². The van der Waals surface area contributed by atoms with Crippen molar-refractivity contribution in [1.29, 1.82) is 0 Å². The van der Waals surface area contributed by atoms with E-state index in [2.05, 4.69) is 27.5 Å². The van der Waals surface area contributed by atoms with Gasteiger partial charge in [-0.05, 0) is 65.5 Å². The lowest BCUT2D eigenvalue weighted by atomic mass is 9.86. The average molecular weight is 355 g/mol. The molecule has 2 nitrogen and oxygen atoms in total. The first kappa shape index (κ1) is 12.5. The SMILES string of the molecule is O=C(c1cccc(I)c1)N1CCC2(CCCC2)C1. The molecule has 1 amide bonds. The van der Waals surface area contributed by atoms with Gasteiger partial charge in [-0.2, -0.15) is 0 Å². The molecule has 2 fully saturated rings. The summed E-state index contributed by atoms with van der Waals surface area (Å²) in [4.78, 5) is 14.5. The third kappa shape index (κ3) is 2.29. The van der Waals surface area contributed by atoms with E-state index in [1.54, 1.807) is 0 Å². The van der Waals surface area contributed by atoms with E-state index >= 15 is 0 Å². The van der Waals surface area contributed by atoms with Crippen LogP contribution in [-0.2, 0) is 0 Å². The highest BCUT2D eigenvalue weighted by atomic mass is 127. The fraction of sp³-hybridized carbons (Fsp3) is 0.533. The molecule has 0 bridgehead atoms. The minimum atomic E-state index is 0.220. The molecule has 1 aliphatic heterocycles. The molecule has 1 aromatic rings. The van der Waals surface area contributed by atoms with Crippen LogP contribution in [-0.4, -0.2) is 23.9 Å². The Morgan fingerprint density at radius 1 is 1.22 bits per heavy atom. The zero-order valence-electron chi connectivity index (χ0n) is 10.5. The molecule has 1 aromatic carbocycles. The Labute approximate surface area is 122 Å². The number of amides is 1. The largest absolute Gasteiger partial charge is 0.338 e. The van der Waals surface area contributed by atoms with Gasteiger partial charge < -0.3 is 4.90 Å². The van der Waals surface area contributed by atoms with E-state index in [-0.39, 0.29) is 5.91 Å². The van der Waals surface area contributed by atoms with Crippen molar-refractivity contribution in [2.24, 2.45) is 5.41 Å². The van der Waals surface area contributed by atoms with Crippen molar-refractivity contribution in [3.05, 3.63) is 33.4 Å². The van der Waals surface area contributed by atoms with Crippen LogP contribution in [0, 0.1) is 8.99 Å². The van der Waals surface area contributed by atoms with Crippen LogP contribution in [0.4, 0.5) is 0 Å². The van der Waals surface area contributed by atoms with Gasteiger partial charge in [0.2, 0.25) is 0 Å². The maximum absolute atomic E-state index is 12.5. The van der Waals surface area contributed by atoms with Crippen molar-refractivity contribution in [2.75, 3.05) is 13.1 Å². The quantitative estimate of drug-likeness (QED) is 0.704. The summed E-state index contributed by atoms with van der Waals surface area (Å²) >= 11 is 2.26. The van der Waals surface area contributed by atoms with Crippen molar-refractivity contribution in [2.45, 2.75) is 32.1 Å². The van der Waals surface area contributed by atoms with Crippen LogP contribution in [0.15, 0.2) is 24.3 Å². The number of halogens is 1. The number of benzene rings is 1. The van der Waals surface area contributed by atoms with E-state index in [4.69, 9.17) is 0 Å². The lowest BCUT2D eigenvalue weighted by molar-refractivity contribution is 0.0773. The molecule has 0 aromatic heterocycles. The number of hydrogen-bond acceptors (Lipinski definition) is 1. The summed E-state index contributed by atoms with van der Waals surface area (Å²) in [5.74, 6) is 0.220. The Morgan fingerprint density at radius 2 is 2.00 bits per heavy atom. The Kier molecular flexibility index (Phi) is 3.34. The molecule has 2 aliphatic rings. The summed E-state index contributed by atoms with van der Waals surface area (Å²) in [6.45, 7) is 1.93. The average Bonchev–Trinajstić information content (AvgIpc) is 3.00. The lowest BCUT2D eigenvalue weighted by Gasteiger charge is -2.23. The van der Waals surface area contributed by atoms with Crippen molar-refractivity contribution in [1.82, 2.24) is 4.90 Å². The van der Waals surface area contributed by atoms with Crippen LogP contribution < -0.4 is 0 Å². The highest BCUT2D eigenvalue weighted by Gasteiger charge is 2.41. The van der Waals surface area contributed by atoms with Crippen LogP contribution in [0.5, 0.6) is 0 Å². The lowest BCUT2D eigenvalue weighted by Crippen LogP contribution is -2.31. The molecule has 1 aliphatic carbocycles. The molecule has 1 spiro atoms. The third-order valence-electron chi connectivity index (χ3n) is 4.46. The van der Waals surface area contributed by atoms with Crippen molar-refractivity contribution < 1.29 is 4.79 Å². The van der Waals surface area contributed by atoms with Gasteiger partial charge in [0.15, 0.2) is 0 Å². The highest BCUT2D eigenvalue weighted by Crippen LogP contribution is 2.45. The molecule has 3 heteroatoms. The predicted octanol–water partition coefficient (Wildman–Crippen LogP) is 3.70. The van der Waals surface area contributed by atoms with E-state index in [1.165, 1.54) is 32.1 Å². The number of carbonyl (C=O) groups is 1. The van der Waals surface area contributed by atoms with Crippen molar-refractivity contribution in [3.8, 4) is 0 Å². The van der Waals surface area contributed by atoms with Gasteiger partial charge >= 0.3 is 0 Å². The normalized spacial score (nSPS) is 21.7. The minimum absolute atomic E-state index is 0.220. The Balaban J connectivity index is 1.74. The second kappa shape index (κ2) is 4.83. The first-order valence-electron chi connectivity index (χ1n) is 6.73. The van der Waals surface area contributed by atoms with Crippen molar-refractivity contribution in [3.63, 3.8) is 0 Å². The zero-order chi connectivity index (χ0) is 12.6. The van der Waals surface area contributed by atoms with E-state index in [1.807, 2.05) is 24.3 Å². The summed E-state index contributed by atoms with van der Waals surface area (Å²) in [6.07, 6.45) is 6.56. The molecule has 1 heterocycles. The van der Waals surface area contributed by atoms with Gasteiger partial charge in [0.25, 0.3) is 5.91 Å². The molecular weight excluding hydrogens is 337 g/mol. The highest BCUT2D eigenvalue weighted by molar-refractivity contribution is 14.1. The molecule has 1 saturated carbocycles. The Bertz CT molecular complexity index is 465. The standard InChI is InChI=1S/C15H18INO/c16-13-5-3-4-12(10-13)14(18)17-9-8-15(11-17)6-1-2-7-15/h3-5,10H,1-2,6-9,11H2. The first-order valence-corrected chi connectivity index (χ1v) is 7.81. The zero-order valence-corrected chi connectivity index (χ0v) is 12.7. The van der Waals surface area contributed by atoms with E-state index < -0.39 is 0 Å². The number of likely N-dealkylation sites (tertiary alicyclic amines) is 1. The van der Waals surface area contributed by atoms with Crippen LogP contribution in [0.25, 0.3) is 0 Å². The van der Waals surface area contributed by atoms with Gasteiger partial charge in [-0.15, -0.1) is 0 Å². The number of rotatable bonds is 1. The van der Waals surface area contributed by atoms with E-state index in [0.717, 1.165) is 22.2 Å². The molecule has 0 radical (unpaired) electrons. The summed E-state index contributed by atoms with van der Waals surface area (Å²) < 4.78 is 1.13. The summed E-state index contributed by atoms with van der Waals surface area (Å²) in [7, 11) is 0. The van der Waals surface area contributed by atoms with Gasteiger partial charge in [0.1, 0.15) is 0 Å². The monoisotopic (exact) mass is 355 g/mol. The van der Waals surface area contributed by atoms with Crippen LogP contribution in [0.2, 0.25) is 0 Å². The maximum Gasteiger partial charge on any atom is 0.253 e. The van der Waals surface area contributed by atoms with Gasteiger partial charge in [-0.1, -0.05) is 18.9 Å². The fourth-order valence-electron chi connectivity index (χ4n) is 3.45. The maximum atomic E-state index is 12.5. The molecule has 0 atom stereocenters. The minimum Gasteiger partial charge on any atom is -0.338 e. The number of nitrogens with zero attached hydrogens (tertiary/aromatic N) is 1. The van der Waals surface area contributed by atoms with E-state index in [9.17, 15) is 4.79 Å². The second-order valence-corrected chi connectivity index (χ2v) is 6.94. The first-order chi connectivity index (χ1) is 8.69. The van der Waals surface area contributed by atoms with Gasteiger partial charge in [0, 0.05) is 22.2 Å². The molecule has 96 valence electrons. The number of carbonyl (C=O) groups excluding carboxylic acids is 1. The summed E-state index contributed by atoms with van der Waals surface area (Å²) in [5, 5.41) is 0. The molecular formula is C15H18INO. The third-order valence-corrected chi connectivity index (χ3v) is 5.13. The number of hydrogen-bond donors (Lipinski definition) is 0.